The van der Waals surface area contributed by atoms with Crippen molar-refractivity contribution in [3.8, 4) is 11.8 Å². The van der Waals surface area contributed by atoms with Gasteiger partial charge in [-0.1, -0.05) is 0 Å². The number of rotatable bonds is 1. The predicted octanol–water partition coefficient (Wildman–Crippen LogP) is 3.35. The van der Waals surface area contributed by atoms with Gasteiger partial charge < -0.3 is 4.74 Å². The van der Waals surface area contributed by atoms with Crippen molar-refractivity contribution in [1.82, 2.24) is 0 Å². The van der Waals surface area contributed by atoms with Gasteiger partial charge in [-0.15, -0.1) is 0 Å². The first-order valence-corrected chi connectivity index (χ1v) is 4.54. The Kier molecular flexibility index (Phi) is 3.25. The second kappa shape index (κ2) is 4.11. The third-order valence-electron chi connectivity index (χ3n) is 1.68. The first-order chi connectivity index (χ1) is 6.90. The number of nitrogens with zero attached hydrogens (tertiary/aromatic N) is 1. The van der Waals surface area contributed by atoms with E-state index >= 15 is 0 Å². The Morgan fingerprint density at radius 2 is 2.00 bits per heavy atom. The number of nitriles is 1. The molecule has 6 heteroatoms. The lowest BCUT2D eigenvalue weighted by molar-refractivity contribution is -0.138. The molecule has 80 valence electrons. The van der Waals surface area contributed by atoms with Crippen molar-refractivity contribution in [2.45, 2.75) is 6.18 Å². The van der Waals surface area contributed by atoms with Crippen molar-refractivity contribution in [3.05, 3.63) is 27.7 Å². The number of alkyl halides is 3. The molecule has 0 unspecified atom stereocenters. The molecule has 1 rings (SSSR count). The van der Waals surface area contributed by atoms with Crippen LogP contribution in [-0.2, 0) is 6.18 Å². The smallest absolute Gasteiger partial charge is 0.420 e. The van der Waals surface area contributed by atoms with Gasteiger partial charge in [0.05, 0.1) is 28.8 Å². The monoisotopic (exact) mass is 279 g/mol. The molecule has 0 spiro atoms. The fraction of sp³-hybridized carbons (Fsp3) is 0.222. The van der Waals surface area contributed by atoms with Crippen LogP contribution in [-0.4, -0.2) is 7.11 Å². The lowest BCUT2D eigenvalue weighted by atomic mass is 10.1. The van der Waals surface area contributed by atoms with Gasteiger partial charge in [0, 0.05) is 0 Å². The van der Waals surface area contributed by atoms with E-state index in [1.54, 1.807) is 6.07 Å². The lowest BCUT2D eigenvalue weighted by Gasteiger charge is -2.13. The van der Waals surface area contributed by atoms with E-state index in [-0.39, 0.29) is 15.8 Å². The second-order valence-corrected chi connectivity index (χ2v) is 3.50. The summed E-state index contributed by atoms with van der Waals surface area (Å²) in [5.41, 5.74) is -1.04. The molecular formula is C9H5BrF3NO. The van der Waals surface area contributed by atoms with Gasteiger partial charge in [-0.05, 0) is 28.1 Å². The quantitative estimate of drug-likeness (QED) is 0.790. The van der Waals surface area contributed by atoms with E-state index in [1.807, 2.05) is 0 Å². The van der Waals surface area contributed by atoms with Crippen LogP contribution >= 0.6 is 15.9 Å². The van der Waals surface area contributed by atoms with Crippen molar-refractivity contribution in [1.29, 1.82) is 5.26 Å². The maximum atomic E-state index is 12.5. The van der Waals surface area contributed by atoms with Crippen LogP contribution in [0.2, 0.25) is 0 Å². The van der Waals surface area contributed by atoms with Gasteiger partial charge in [-0.3, -0.25) is 0 Å². The minimum absolute atomic E-state index is 0.0741. The molecule has 0 N–H and O–H groups in total. The summed E-state index contributed by atoms with van der Waals surface area (Å²) >= 11 is 2.92. The zero-order chi connectivity index (χ0) is 11.6. The van der Waals surface area contributed by atoms with Crippen molar-refractivity contribution < 1.29 is 17.9 Å². The third-order valence-corrected chi connectivity index (χ3v) is 2.27. The van der Waals surface area contributed by atoms with Gasteiger partial charge in [0.1, 0.15) is 5.75 Å². The highest BCUT2D eigenvalue weighted by Crippen LogP contribution is 2.40. The zero-order valence-electron chi connectivity index (χ0n) is 7.52. The van der Waals surface area contributed by atoms with Crippen molar-refractivity contribution in [2.75, 3.05) is 7.11 Å². The van der Waals surface area contributed by atoms with Crippen molar-refractivity contribution in [3.63, 3.8) is 0 Å². The van der Waals surface area contributed by atoms with Gasteiger partial charge in [-0.25, -0.2) is 0 Å². The summed E-state index contributed by atoms with van der Waals surface area (Å²) in [6, 6.07) is 3.67. The molecule has 1 aromatic carbocycles. The van der Waals surface area contributed by atoms with Crippen LogP contribution < -0.4 is 4.74 Å². The van der Waals surface area contributed by atoms with Crippen LogP contribution in [0.25, 0.3) is 0 Å². The summed E-state index contributed by atoms with van der Waals surface area (Å²) in [4.78, 5) is 0. The number of hydrogen-bond acceptors (Lipinski definition) is 2. The molecule has 0 saturated carbocycles. The van der Waals surface area contributed by atoms with Crippen LogP contribution in [0.3, 0.4) is 0 Å². The normalized spacial score (nSPS) is 10.9. The molecule has 0 atom stereocenters. The molecular weight excluding hydrogens is 275 g/mol. The van der Waals surface area contributed by atoms with Crippen molar-refractivity contribution >= 4 is 15.9 Å². The SMILES string of the molecule is COc1c(Br)cc(C#N)cc1C(F)(F)F. The highest BCUT2D eigenvalue weighted by molar-refractivity contribution is 9.10. The fourth-order valence-electron chi connectivity index (χ4n) is 1.08. The molecule has 1 aromatic rings. The van der Waals surface area contributed by atoms with Crippen molar-refractivity contribution in [2.24, 2.45) is 0 Å². The fourth-order valence-corrected chi connectivity index (χ4v) is 1.70. The van der Waals surface area contributed by atoms with Gasteiger partial charge in [0.25, 0.3) is 0 Å². The minimum atomic E-state index is -4.54. The summed E-state index contributed by atoms with van der Waals surface area (Å²) in [5.74, 6) is -0.318. The van der Waals surface area contributed by atoms with Gasteiger partial charge in [-0.2, -0.15) is 18.4 Å². The molecule has 2 nitrogen and oxygen atoms in total. The van der Waals surface area contributed by atoms with Crippen LogP contribution in [0, 0.1) is 11.3 Å². The average molecular weight is 280 g/mol. The molecule has 0 aliphatic rings. The van der Waals surface area contributed by atoms with Crippen LogP contribution in [0.1, 0.15) is 11.1 Å². The van der Waals surface area contributed by atoms with Crippen LogP contribution in [0.5, 0.6) is 5.75 Å². The predicted molar refractivity (Wildman–Crippen MR) is 50.4 cm³/mol. The van der Waals surface area contributed by atoms with E-state index in [9.17, 15) is 13.2 Å². The third kappa shape index (κ3) is 2.42. The summed E-state index contributed by atoms with van der Waals surface area (Å²) < 4.78 is 42.3. The minimum Gasteiger partial charge on any atom is -0.495 e. The molecule has 0 bridgehead atoms. The lowest BCUT2D eigenvalue weighted by Crippen LogP contribution is -2.08. The molecule has 0 radical (unpaired) electrons. The molecule has 0 saturated heterocycles. The van der Waals surface area contributed by atoms with Crippen LogP contribution in [0.4, 0.5) is 13.2 Å². The number of ether oxygens (including phenoxy) is 1. The van der Waals surface area contributed by atoms with Gasteiger partial charge >= 0.3 is 6.18 Å². The van der Waals surface area contributed by atoms with E-state index in [0.717, 1.165) is 13.2 Å². The van der Waals surface area contributed by atoms with E-state index in [2.05, 4.69) is 20.7 Å². The first-order valence-electron chi connectivity index (χ1n) is 3.75. The Balaban J connectivity index is 3.48. The standard InChI is InChI=1S/C9H5BrF3NO/c1-15-8-6(9(11,12)13)2-5(4-14)3-7(8)10/h2-3H,1H3. The summed E-state index contributed by atoms with van der Waals surface area (Å²) in [7, 11) is 1.14. The molecule has 0 amide bonds. The van der Waals surface area contributed by atoms with E-state index in [4.69, 9.17) is 5.26 Å². The van der Waals surface area contributed by atoms with Gasteiger partial charge in [0.2, 0.25) is 0 Å². The molecule has 0 aliphatic heterocycles. The maximum absolute atomic E-state index is 12.5. The maximum Gasteiger partial charge on any atom is 0.420 e. The number of halogens is 4. The molecule has 0 heterocycles. The molecule has 0 aromatic heterocycles. The Hall–Kier alpha value is -1.22. The Morgan fingerprint density at radius 3 is 2.40 bits per heavy atom. The summed E-state index contributed by atoms with van der Waals surface area (Å²) in [6.45, 7) is 0. The molecule has 15 heavy (non-hydrogen) atoms. The van der Waals surface area contributed by atoms with Gasteiger partial charge in [0.15, 0.2) is 0 Å². The summed E-state index contributed by atoms with van der Waals surface area (Å²) in [5, 5.41) is 8.54. The topological polar surface area (TPSA) is 33.0 Å². The van der Waals surface area contributed by atoms with Crippen LogP contribution in [0.15, 0.2) is 16.6 Å². The Morgan fingerprint density at radius 1 is 1.40 bits per heavy atom. The largest absolute Gasteiger partial charge is 0.495 e. The highest BCUT2D eigenvalue weighted by atomic mass is 79.9. The second-order valence-electron chi connectivity index (χ2n) is 2.65. The number of hydrogen-bond donors (Lipinski definition) is 0. The number of benzene rings is 1. The molecule has 0 aliphatic carbocycles. The van der Waals surface area contributed by atoms with E-state index < -0.39 is 11.7 Å². The highest BCUT2D eigenvalue weighted by Gasteiger charge is 2.35. The Labute approximate surface area is 92.4 Å². The average Bonchev–Trinajstić information content (AvgIpc) is 2.15. The van der Waals surface area contributed by atoms with E-state index in [1.165, 1.54) is 6.07 Å². The zero-order valence-corrected chi connectivity index (χ0v) is 9.11. The Bertz CT molecular complexity index is 423. The number of methoxy groups -OCH3 is 1. The summed E-state index contributed by atoms with van der Waals surface area (Å²) in [6.07, 6.45) is -4.54. The molecule has 0 fully saturated rings. The first kappa shape index (κ1) is 11.9. The van der Waals surface area contributed by atoms with E-state index in [0.29, 0.717) is 0 Å².